The third kappa shape index (κ3) is 2.73. The van der Waals surface area contributed by atoms with Gasteiger partial charge in [0, 0.05) is 0 Å². The van der Waals surface area contributed by atoms with Crippen LogP contribution in [0.1, 0.15) is 36.1 Å². The third-order valence-corrected chi connectivity index (χ3v) is 1.63. The van der Waals surface area contributed by atoms with Gasteiger partial charge in [0.15, 0.2) is 5.69 Å². The number of esters is 1. The molecule has 0 aromatic carbocycles. The number of carbonyl (C=O) groups is 1. The molecule has 1 aromatic heterocycles. The Bertz CT molecular complexity index is 328. The number of carbonyl (C=O) groups excluding carboxylic acids is 1. The minimum atomic E-state index is -0.483. The fourth-order valence-electron chi connectivity index (χ4n) is 0.913. The van der Waals surface area contributed by atoms with Gasteiger partial charge in [-0.15, -0.1) is 0 Å². The Morgan fingerprint density at radius 2 is 2.50 bits per heavy atom. The number of oxazole rings is 1. The molecule has 0 aliphatic heterocycles. The van der Waals surface area contributed by atoms with E-state index in [4.69, 9.17) is 4.42 Å². The van der Waals surface area contributed by atoms with Crippen LogP contribution in [0, 0.1) is 0 Å². The normalized spacial score (nSPS) is 10.7. The zero-order valence-corrected chi connectivity index (χ0v) is 8.32. The van der Waals surface area contributed by atoms with E-state index in [2.05, 4.69) is 16.6 Å². The summed E-state index contributed by atoms with van der Waals surface area (Å²) in [7, 11) is 1.31. The molecule has 0 aliphatic carbocycles. The smallest absolute Gasteiger partial charge is 0.360 e. The van der Waals surface area contributed by atoms with Gasteiger partial charge in [0.25, 0.3) is 0 Å². The highest BCUT2D eigenvalue weighted by molar-refractivity contribution is 5.86. The molecule has 1 aromatic rings. The number of aromatic nitrogens is 1. The van der Waals surface area contributed by atoms with Crippen LogP contribution in [0.25, 0.3) is 6.08 Å². The van der Waals surface area contributed by atoms with Gasteiger partial charge in [-0.25, -0.2) is 9.78 Å². The first kappa shape index (κ1) is 10.5. The highest BCUT2D eigenvalue weighted by Gasteiger charge is 2.09. The first-order valence-electron chi connectivity index (χ1n) is 4.48. The van der Waals surface area contributed by atoms with Crippen molar-refractivity contribution >= 4 is 12.0 Å². The summed E-state index contributed by atoms with van der Waals surface area (Å²) in [5, 5.41) is 0. The Morgan fingerprint density at radius 3 is 3.14 bits per heavy atom. The Labute approximate surface area is 82.6 Å². The molecule has 4 heteroatoms. The molecule has 0 N–H and O–H groups in total. The lowest BCUT2D eigenvalue weighted by Gasteiger charge is -1.89. The molecule has 0 unspecified atom stereocenters. The molecule has 0 aliphatic rings. The molecule has 14 heavy (non-hydrogen) atoms. The van der Waals surface area contributed by atoms with Crippen molar-refractivity contribution < 1.29 is 13.9 Å². The van der Waals surface area contributed by atoms with Crippen LogP contribution in [0.2, 0.25) is 0 Å². The van der Waals surface area contributed by atoms with Gasteiger partial charge in [0.1, 0.15) is 6.26 Å². The SMILES string of the molecule is CCC/C=C/c1nc(C(=O)OC)co1. The summed E-state index contributed by atoms with van der Waals surface area (Å²) in [6.45, 7) is 2.08. The van der Waals surface area contributed by atoms with Gasteiger partial charge < -0.3 is 9.15 Å². The number of nitrogens with zero attached hydrogens (tertiary/aromatic N) is 1. The Morgan fingerprint density at radius 1 is 1.71 bits per heavy atom. The van der Waals surface area contributed by atoms with E-state index in [1.807, 2.05) is 6.08 Å². The van der Waals surface area contributed by atoms with Crippen molar-refractivity contribution in [2.24, 2.45) is 0 Å². The number of hydrogen-bond acceptors (Lipinski definition) is 4. The lowest BCUT2D eigenvalue weighted by atomic mass is 10.3. The van der Waals surface area contributed by atoms with Gasteiger partial charge in [0.2, 0.25) is 5.89 Å². The van der Waals surface area contributed by atoms with Crippen molar-refractivity contribution in [1.82, 2.24) is 4.98 Å². The minimum absolute atomic E-state index is 0.198. The monoisotopic (exact) mass is 195 g/mol. The van der Waals surface area contributed by atoms with Gasteiger partial charge in [0.05, 0.1) is 7.11 Å². The van der Waals surface area contributed by atoms with Gasteiger partial charge in [-0.2, -0.15) is 0 Å². The van der Waals surface area contributed by atoms with Crippen LogP contribution in [0.3, 0.4) is 0 Å². The number of methoxy groups -OCH3 is 1. The summed E-state index contributed by atoms with van der Waals surface area (Å²) in [6.07, 6.45) is 7.03. The standard InChI is InChI=1S/C10H13NO3/c1-3-4-5-6-9-11-8(7-14-9)10(12)13-2/h5-7H,3-4H2,1-2H3/b6-5+. The van der Waals surface area contributed by atoms with E-state index in [0.717, 1.165) is 12.8 Å². The van der Waals surface area contributed by atoms with Crippen LogP contribution < -0.4 is 0 Å². The van der Waals surface area contributed by atoms with Crippen molar-refractivity contribution in [1.29, 1.82) is 0 Å². The van der Waals surface area contributed by atoms with E-state index >= 15 is 0 Å². The van der Waals surface area contributed by atoms with Gasteiger partial charge in [-0.05, 0) is 12.5 Å². The molecule has 1 rings (SSSR count). The van der Waals surface area contributed by atoms with Crippen LogP contribution in [-0.4, -0.2) is 18.1 Å². The Kier molecular flexibility index (Phi) is 3.91. The van der Waals surface area contributed by atoms with Gasteiger partial charge in [-0.1, -0.05) is 19.4 Å². The average Bonchev–Trinajstić information content (AvgIpc) is 2.66. The fourth-order valence-corrected chi connectivity index (χ4v) is 0.913. The summed E-state index contributed by atoms with van der Waals surface area (Å²) < 4.78 is 9.53. The van der Waals surface area contributed by atoms with Crippen molar-refractivity contribution in [3.05, 3.63) is 23.9 Å². The second kappa shape index (κ2) is 5.21. The van der Waals surface area contributed by atoms with E-state index in [-0.39, 0.29) is 5.69 Å². The summed E-state index contributed by atoms with van der Waals surface area (Å²) in [4.78, 5) is 14.9. The van der Waals surface area contributed by atoms with Crippen LogP contribution >= 0.6 is 0 Å². The van der Waals surface area contributed by atoms with Gasteiger partial charge >= 0.3 is 5.97 Å². The average molecular weight is 195 g/mol. The van der Waals surface area contributed by atoms with E-state index in [0.29, 0.717) is 5.89 Å². The maximum Gasteiger partial charge on any atom is 0.360 e. The van der Waals surface area contributed by atoms with Crippen LogP contribution in [0.15, 0.2) is 16.8 Å². The van der Waals surface area contributed by atoms with Crippen molar-refractivity contribution in [2.75, 3.05) is 7.11 Å². The lowest BCUT2D eigenvalue weighted by molar-refractivity contribution is 0.0594. The van der Waals surface area contributed by atoms with E-state index in [1.54, 1.807) is 6.08 Å². The summed E-state index contributed by atoms with van der Waals surface area (Å²) in [5.74, 6) is -0.0530. The maximum absolute atomic E-state index is 11.0. The molecule has 0 atom stereocenters. The molecule has 0 fully saturated rings. The molecule has 0 saturated heterocycles. The Balaban J connectivity index is 2.63. The topological polar surface area (TPSA) is 52.3 Å². The number of rotatable bonds is 4. The predicted molar refractivity (Wildman–Crippen MR) is 51.8 cm³/mol. The van der Waals surface area contributed by atoms with Crippen molar-refractivity contribution in [3.63, 3.8) is 0 Å². The first-order valence-corrected chi connectivity index (χ1v) is 4.48. The highest BCUT2D eigenvalue weighted by atomic mass is 16.5. The molecule has 76 valence electrons. The molecule has 4 nitrogen and oxygen atoms in total. The van der Waals surface area contributed by atoms with Crippen LogP contribution in [0.4, 0.5) is 0 Å². The van der Waals surface area contributed by atoms with Crippen LogP contribution in [-0.2, 0) is 4.74 Å². The molecule has 0 saturated carbocycles. The largest absolute Gasteiger partial charge is 0.464 e. The second-order valence-electron chi connectivity index (χ2n) is 2.75. The molecular weight excluding hydrogens is 182 g/mol. The number of unbranched alkanes of at least 4 members (excludes halogenated alkanes) is 1. The number of allylic oxidation sites excluding steroid dienone is 1. The van der Waals surface area contributed by atoms with E-state index < -0.39 is 5.97 Å². The summed E-state index contributed by atoms with van der Waals surface area (Å²) >= 11 is 0. The molecule has 0 amide bonds. The van der Waals surface area contributed by atoms with Crippen LogP contribution in [0.5, 0.6) is 0 Å². The zero-order valence-electron chi connectivity index (χ0n) is 8.32. The summed E-state index contributed by atoms with van der Waals surface area (Å²) in [5.41, 5.74) is 0.198. The van der Waals surface area contributed by atoms with Gasteiger partial charge in [-0.3, -0.25) is 0 Å². The minimum Gasteiger partial charge on any atom is -0.464 e. The first-order chi connectivity index (χ1) is 6.77. The highest BCUT2D eigenvalue weighted by Crippen LogP contribution is 2.05. The second-order valence-corrected chi connectivity index (χ2v) is 2.75. The molecule has 1 heterocycles. The van der Waals surface area contributed by atoms with E-state index in [9.17, 15) is 4.79 Å². The molecule has 0 radical (unpaired) electrons. The molecular formula is C10H13NO3. The lowest BCUT2D eigenvalue weighted by Crippen LogP contribution is -2.00. The molecule has 0 bridgehead atoms. The number of ether oxygens (including phenoxy) is 1. The van der Waals surface area contributed by atoms with E-state index in [1.165, 1.54) is 13.4 Å². The van der Waals surface area contributed by atoms with Crippen molar-refractivity contribution in [2.45, 2.75) is 19.8 Å². The molecule has 0 spiro atoms. The quantitative estimate of drug-likeness (QED) is 0.691. The zero-order chi connectivity index (χ0) is 10.4. The maximum atomic E-state index is 11.0. The third-order valence-electron chi connectivity index (χ3n) is 1.63. The fraction of sp³-hybridized carbons (Fsp3) is 0.400. The van der Waals surface area contributed by atoms with Crippen molar-refractivity contribution in [3.8, 4) is 0 Å². The number of hydrogen-bond donors (Lipinski definition) is 0. The Hall–Kier alpha value is -1.58. The summed E-state index contributed by atoms with van der Waals surface area (Å²) in [6, 6.07) is 0. The predicted octanol–water partition coefficient (Wildman–Crippen LogP) is 2.27.